The molecule has 0 aliphatic heterocycles. The number of hydrogen-bond donors (Lipinski definition) is 1. The number of methoxy groups -OCH3 is 1. The molecular formula is C21H16N4O2. The molecular weight excluding hydrogens is 340 g/mol. The number of hydrogen-bond acceptors (Lipinski definition) is 5. The molecule has 2 aromatic heterocycles. The van der Waals surface area contributed by atoms with E-state index in [2.05, 4.69) is 32.5 Å². The first-order valence-electron chi connectivity index (χ1n) is 8.63. The van der Waals surface area contributed by atoms with Gasteiger partial charge < -0.3 is 9.15 Å². The summed E-state index contributed by atoms with van der Waals surface area (Å²) in [5, 5.41) is 15.8. The van der Waals surface area contributed by atoms with Crippen LogP contribution in [0.2, 0.25) is 0 Å². The van der Waals surface area contributed by atoms with Gasteiger partial charge in [-0.25, -0.2) is 0 Å². The second-order valence-electron chi connectivity index (χ2n) is 6.31. The topological polar surface area (TPSA) is 76.8 Å². The van der Waals surface area contributed by atoms with Crippen LogP contribution in [0.15, 0.2) is 52.9 Å². The van der Waals surface area contributed by atoms with Crippen molar-refractivity contribution in [3.63, 3.8) is 0 Å². The maximum absolute atomic E-state index is 5.81. The average molecular weight is 356 g/mol. The lowest BCUT2D eigenvalue weighted by Gasteiger charge is -1.98. The molecule has 0 saturated carbocycles. The highest BCUT2D eigenvalue weighted by Gasteiger charge is 2.27. The van der Waals surface area contributed by atoms with Gasteiger partial charge in [0, 0.05) is 23.6 Å². The van der Waals surface area contributed by atoms with Crippen molar-refractivity contribution in [3.8, 4) is 28.6 Å². The predicted octanol–water partition coefficient (Wildman–Crippen LogP) is 4.21. The van der Waals surface area contributed by atoms with Crippen LogP contribution in [0.25, 0.3) is 35.0 Å². The maximum atomic E-state index is 5.81. The second kappa shape index (κ2) is 6.25. The summed E-state index contributed by atoms with van der Waals surface area (Å²) in [6.07, 6.45) is 4.53. The minimum absolute atomic E-state index is 0.444. The molecule has 1 N–H and O–H groups in total. The van der Waals surface area contributed by atoms with Gasteiger partial charge in [-0.15, -0.1) is 10.2 Å². The molecule has 132 valence electrons. The van der Waals surface area contributed by atoms with E-state index in [1.807, 2.05) is 42.5 Å². The van der Waals surface area contributed by atoms with E-state index in [-0.39, 0.29) is 0 Å². The van der Waals surface area contributed by atoms with Crippen molar-refractivity contribution in [1.82, 2.24) is 20.4 Å². The summed E-state index contributed by atoms with van der Waals surface area (Å²) in [6, 6.07) is 16.0. The number of nitrogens with one attached hydrogen (secondary N) is 1. The largest absolute Gasteiger partial charge is 0.497 e. The van der Waals surface area contributed by atoms with Crippen molar-refractivity contribution in [2.24, 2.45) is 0 Å². The second-order valence-corrected chi connectivity index (χ2v) is 6.31. The number of benzene rings is 2. The van der Waals surface area contributed by atoms with Gasteiger partial charge in [-0.3, -0.25) is 5.10 Å². The van der Waals surface area contributed by atoms with Gasteiger partial charge in [-0.1, -0.05) is 36.4 Å². The monoisotopic (exact) mass is 356 g/mol. The maximum Gasteiger partial charge on any atom is 0.266 e. The van der Waals surface area contributed by atoms with Gasteiger partial charge in [0.15, 0.2) is 0 Å². The zero-order valence-electron chi connectivity index (χ0n) is 14.6. The molecule has 0 unspecified atom stereocenters. The van der Waals surface area contributed by atoms with Crippen LogP contribution in [0.4, 0.5) is 0 Å². The van der Waals surface area contributed by atoms with Crippen LogP contribution in [0, 0.1) is 0 Å². The fourth-order valence-corrected chi connectivity index (χ4v) is 3.32. The summed E-state index contributed by atoms with van der Waals surface area (Å²) in [4.78, 5) is 0. The van der Waals surface area contributed by atoms with Crippen LogP contribution in [-0.2, 0) is 6.42 Å². The van der Waals surface area contributed by atoms with E-state index >= 15 is 0 Å². The minimum atomic E-state index is 0.444. The number of ether oxygens (including phenoxy) is 1. The van der Waals surface area contributed by atoms with Crippen LogP contribution in [0.1, 0.15) is 22.6 Å². The average Bonchev–Trinajstić information content (AvgIpc) is 3.41. The van der Waals surface area contributed by atoms with E-state index in [4.69, 9.17) is 9.15 Å². The van der Waals surface area contributed by atoms with Gasteiger partial charge in [-0.2, -0.15) is 5.10 Å². The smallest absolute Gasteiger partial charge is 0.266 e. The van der Waals surface area contributed by atoms with Crippen LogP contribution in [0.5, 0.6) is 5.75 Å². The SMILES string of the molecule is COc1ccc(/C=C/c2nnc(-c3[nH]nc4c3Cc3ccccc3-4)o2)cc1. The number of H-pyrrole nitrogens is 1. The van der Waals surface area contributed by atoms with Gasteiger partial charge in [0.2, 0.25) is 5.89 Å². The number of fused-ring (bicyclic) bond motifs is 3. The van der Waals surface area contributed by atoms with Crippen molar-refractivity contribution >= 4 is 12.2 Å². The molecule has 2 heterocycles. The Kier molecular flexibility index (Phi) is 3.60. The highest BCUT2D eigenvalue weighted by molar-refractivity contribution is 5.79. The first kappa shape index (κ1) is 15.6. The Morgan fingerprint density at radius 3 is 2.74 bits per heavy atom. The zero-order chi connectivity index (χ0) is 18.2. The molecule has 0 amide bonds. The molecule has 1 aliphatic carbocycles. The van der Waals surface area contributed by atoms with Crippen molar-refractivity contribution in [3.05, 3.63) is 71.1 Å². The van der Waals surface area contributed by atoms with Crippen LogP contribution in [-0.4, -0.2) is 27.5 Å². The zero-order valence-corrected chi connectivity index (χ0v) is 14.6. The number of aromatic nitrogens is 4. The molecule has 1 aliphatic rings. The van der Waals surface area contributed by atoms with Gasteiger partial charge in [0.05, 0.1) is 12.8 Å². The van der Waals surface area contributed by atoms with Gasteiger partial charge in [0.25, 0.3) is 5.89 Å². The molecule has 0 bridgehead atoms. The first-order valence-corrected chi connectivity index (χ1v) is 8.63. The van der Waals surface area contributed by atoms with Gasteiger partial charge >= 0.3 is 0 Å². The molecule has 0 radical (unpaired) electrons. The molecule has 5 rings (SSSR count). The van der Waals surface area contributed by atoms with Crippen molar-refractivity contribution in [2.75, 3.05) is 7.11 Å². The summed E-state index contributed by atoms with van der Waals surface area (Å²) in [7, 11) is 1.65. The third-order valence-electron chi connectivity index (χ3n) is 4.70. The Labute approximate surface area is 155 Å². The van der Waals surface area contributed by atoms with E-state index in [9.17, 15) is 0 Å². The van der Waals surface area contributed by atoms with Crippen LogP contribution in [0.3, 0.4) is 0 Å². The van der Waals surface area contributed by atoms with E-state index in [1.54, 1.807) is 13.2 Å². The Morgan fingerprint density at radius 2 is 1.89 bits per heavy atom. The van der Waals surface area contributed by atoms with Gasteiger partial charge in [-0.05, 0) is 29.3 Å². The summed E-state index contributed by atoms with van der Waals surface area (Å²) >= 11 is 0. The molecule has 0 saturated heterocycles. The summed E-state index contributed by atoms with van der Waals surface area (Å²) in [5.41, 5.74) is 6.31. The van der Waals surface area contributed by atoms with Gasteiger partial charge in [0.1, 0.15) is 11.4 Å². The molecule has 0 spiro atoms. The van der Waals surface area contributed by atoms with Crippen molar-refractivity contribution < 1.29 is 9.15 Å². The Bertz CT molecular complexity index is 1140. The lowest BCUT2D eigenvalue weighted by atomic mass is 10.1. The van der Waals surface area contributed by atoms with Crippen LogP contribution >= 0.6 is 0 Å². The van der Waals surface area contributed by atoms with E-state index in [0.717, 1.165) is 40.2 Å². The van der Waals surface area contributed by atoms with Crippen molar-refractivity contribution in [1.29, 1.82) is 0 Å². The molecule has 6 heteroatoms. The first-order chi connectivity index (χ1) is 13.3. The van der Waals surface area contributed by atoms with E-state index < -0.39 is 0 Å². The Hall–Kier alpha value is -3.67. The lowest BCUT2D eigenvalue weighted by molar-refractivity contribution is 0.415. The van der Waals surface area contributed by atoms with E-state index in [1.165, 1.54) is 5.56 Å². The summed E-state index contributed by atoms with van der Waals surface area (Å²) < 4.78 is 11.0. The lowest BCUT2D eigenvalue weighted by Crippen LogP contribution is -1.86. The number of nitrogens with zero attached hydrogens (tertiary/aromatic N) is 3. The van der Waals surface area contributed by atoms with E-state index in [0.29, 0.717) is 11.8 Å². The van der Waals surface area contributed by atoms with Crippen molar-refractivity contribution in [2.45, 2.75) is 6.42 Å². The molecule has 2 aromatic carbocycles. The fraction of sp³-hybridized carbons (Fsp3) is 0.0952. The van der Waals surface area contributed by atoms with Crippen LogP contribution < -0.4 is 4.74 Å². The minimum Gasteiger partial charge on any atom is -0.497 e. The Balaban J connectivity index is 1.40. The molecule has 4 aromatic rings. The molecule has 0 atom stereocenters. The summed E-state index contributed by atoms with van der Waals surface area (Å²) in [6.45, 7) is 0. The third-order valence-corrected chi connectivity index (χ3v) is 4.70. The number of rotatable bonds is 4. The quantitative estimate of drug-likeness (QED) is 0.522. The summed E-state index contributed by atoms with van der Waals surface area (Å²) in [5.74, 6) is 1.71. The highest BCUT2D eigenvalue weighted by atomic mass is 16.5. The predicted molar refractivity (Wildman–Crippen MR) is 102 cm³/mol. The molecule has 27 heavy (non-hydrogen) atoms. The third kappa shape index (κ3) is 2.71. The fourth-order valence-electron chi connectivity index (χ4n) is 3.32. The normalized spacial score (nSPS) is 12.3. The molecule has 6 nitrogen and oxygen atoms in total. The number of aromatic amines is 1. The molecule has 0 fully saturated rings. The highest BCUT2D eigenvalue weighted by Crippen LogP contribution is 2.39. The Morgan fingerprint density at radius 1 is 1.04 bits per heavy atom. The standard InChI is InChI=1S/C21H16N4O2/c1-26-15-9-6-13(7-10-15)8-11-18-22-25-21(27-18)20-17-12-14-4-2-3-5-16(14)19(17)23-24-20/h2-11H,12H2,1H3,(H,23,24)/b11-8+.